The summed E-state index contributed by atoms with van der Waals surface area (Å²) in [6, 6.07) is 0.533. The first-order valence-corrected chi connectivity index (χ1v) is 6.38. The molecule has 0 saturated heterocycles. The van der Waals surface area contributed by atoms with E-state index in [9.17, 15) is 0 Å². The van der Waals surface area contributed by atoms with Crippen molar-refractivity contribution in [3.8, 4) is 0 Å². The Morgan fingerprint density at radius 1 is 1.44 bits per heavy atom. The molecule has 0 bridgehead atoms. The van der Waals surface area contributed by atoms with Gasteiger partial charge in [-0.3, -0.25) is 0 Å². The zero-order chi connectivity index (χ0) is 11.4. The lowest BCUT2D eigenvalue weighted by Gasteiger charge is -2.15. The van der Waals surface area contributed by atoms with E-state index in [0.717, 1.165) is 37.0 Å². The molecule has 1 aromatic heterocycles. The maximum absolute atomic E-state index is 5.24. The van der Waals surface area contributed by atoms with E-state index in [1.165, 1.54) is 19.3 Å². The second-order valence-electron chi connectivity index (χ2n) is 4.56. The highest BCUT2D eigenvalue weighted by Crippen LogP contribution is 2.33. The SMILES string of the molecule is CCCNC(Cc1nc(CC)no1)C1CC1. The smallest absolute Gasteiger partial charge is 0.228 e. The van der Waals surface area contributed by atoms with Crippen molar-refractivity contribution in [2.24, 2.45) is 5.92 Å². The van der Waals surface area contributed by atoms with Crippen molar-refractivity contribution >= 4 is 0 Å². The minimum atomic E-state index is 0.533. The molecular weight excluding hydrogens is 202 g/mol. The number of aromatic nitrogens is 2. The highest BCUT2D eigenvalue weighted by atomic mass is 16.5. The molecule has 0 aliphatic heterocycles. The van der Waals surface area contributed by atoms with Gasteiger partial charge in [-0.05, 0) is 31.7 Å². The van der Waals surface area contributed by atoms with Gasteiger partial charge in [-0.1, -0.05) is 19.0 Å². The van der Waals surface area contributed by atoms with Crippen molar-refractivity contribution < 1.29 is 4.52 Å². The summed E-state index contributed by atoms with van der Waals surface area (Å²) >= 11 is 0. The lowest BCUT2D eigenvalue weighted by molar-refractivity contribution is 0.343. The topological polar surface area (TPSA) is 51.0 Å². The first-order valence-electron chi connectivity index (χ1n) is 6.38. The third-order valence-corrected chi connectivity index (χ3v) is 3.07. The number of hydrogen-bond acceptors (Lipinski definition) is 4. The Labute approximate surface area is 96.8 Å². The molecule has 1 fully saturated rings. The van der Waals surface area contributed by atoms with Crippen LogP contribution in [0.3, 0.4) is 0 Å². The Morgan fingerprint density at radius 3 is 2.81 bits per heavy atom. The number of hydrogen-bond donors (Lipinski definition) is 1. The highest BCUT2D eigenvalue weighted by Gasteiger charge is 2.31. The van der Waals surface area contributed by atoms with Crippen LogP contribution in [-0.2, 0) is 12.8 Å². The predicted octanol–water partition coefficient (Wildman–Crippen LogP) is 1.95. The molecule has 1 aliphatic rings. The van der Waals surface area contributed by atoms with Crippen molar-refractivity contribution in [3.05, 3.63) is 11.7 Å². The summed E-state index contributed by atoms with van der Waals surface area (Å²) in [5, 5.41) is 7.51. The van der Waals surface area contributed by atoms with Crippen LogP contribution in [0.5, 0.6) is 0 Å². The normalized spacial score (nSPS) is 17.6. The summed E-state index contributed by atoms with van der Waals surface area (Å²) in [5.74, 6) is 2.43. The summed E-state index contributed by atoms with van der Waals surface area (Å²) < 4.78 is 5.24. The van der Waals surface area contributed by atoms with Crippen LogP contribution in [0.15, 0.2) is 4.52 Å². The van der Waals surface area contributed by atoms with Crippen molar-refractivity contribution in [2.45, 2.75) is 52.0 Å². The van der Waals surface area contributed by atoms with Gasteiger partial charge in [-0.25, -0.2) is 0 Å². The molecule has 0 spiro atoms. The monoisotopic (exact) mass is 223 g/mol. The van der Waals surface area contributed by atoms with E-state index in [-0.39, 0.29) is 0 Å². The minimum Gasteiger partial charge on any atom is -0.339 e. The molecule has 1 atom stereocenters. The lowest BCUT2D eigenvalue weighted by atomic mass is 10.1. The van der Waals surface area contributed by atoms with E-state index in [2.05, 4.69) is 22.4 Å². The molecule has 4 heteroatoms. The molecule has 1 saturated carbocycles. The average molecular weight is 223 g/mol. The van der Waals surface area contributed by atoms with E-state index in [0.29, 0.717) is 6.04 Å². The van der Waals surface area contributed by atoms with Gasteiger partial charge < -0.3 is 9.84 Å². The summed E-state index contributed by atoms with van der Waals surface area (Å²) in [5.41, 5.74) is 0. The molecule has 0 amide bonds. The van der Waals surface area contributed by atoms with Gasteiger partial charge >= 0.3 is 0 Å². The molecule has 0 radical (unpaired) electrons. The predicted molar refractivity (Wildman–Crippen MR) is 62.2 cm³/mol. The van der Waals surface area contributed by atoms with Crippen LogP contribution in [0.25, 0.3) is 0 Å². The Hall–Kier alpha value is -0.900. The van der Waals surface area contributed by atoms with E-state index < -0.39 is 0 Å². The fourth-order valence-electron chi connectivity index (χ4n) is 1.94. The lowest BCUT2D eigenvalue weighted by Crippen LogP contribution is -2.33. The molecular formula is C12H21N3O. The fourth-order valence-corrected chi connectivity index (χ4v) is 1.94. The van der Waals surface area contributed by atoms with Crippen LogP contribution < -0.4 is 5.32 Å². The molecule has 90 valence electrons. The molecule has 1 aromatic rings. The molecule has 0 aromatic carbocycles. The Morgan fingerprint density at radius 2 is 2.25 bits per heavy atom. The van der Waals surface area contributed by atoms with Crippen LogP contribution in [0, 0.1) is 5.92 Å². The van der Waals surface area contributed by atoms with Gasteiger partial charge in [0.15, 0.2) is 5.82 Å². The van der Waals surface area contributed by atoms with Crippen LogP contribution in [0.2, 0.25) is 0 Å². The quantitative estimate of drug-likeness (QED) is 0.767. The summed E-state index contributed by atoms with van der Waals surface area (Å²) in [4.78, 5) is 4.37. The van der Waals surface area contributed by atoms with Gasteiger partial charge in [-0.15, -0.1) is 0 Å². The zero-order valence-corrected chi connectivity index (χ0v) is 10.2. The fraction of sp³-hybridized carbons (Fsp3) is 0.833. The number of nitrogens with one attached hydrogen (secondary N) is 1. The average Bonchev–Trinajstić information content (AvgIpc) is 3.05. The molecule has 1 N–H and O–H groups in total. The largest absolute Gasteiger partial charge is 0.339 e. The standard InChI is InChI=1S/C12H21N3O/c1-3-7-13-10(9-5-6-9)8-12-14-11(4-2)15-16-12/h9-10,13H,3-8H2,1-2H3. The molecule has 4 nitrogen and oxygen atoms in total. The minimum absolute atomic E-state index is 0.533. The highest BCUT2D eigenvalue weighted by molar-refractivity contribution is 4.95. The second-order valence-corrected chi connectivity index (χ2v) is 4.56. The molecule has 16 heavy (non-hydrogen) atoms. The summed E-state index contributed by atoms with van der Waals surface area (Å²) in [7, 11) is 0. The Balaban J connectivity index is 1.88. The van der Waals surface area contributed by atoms with Crippen LogP contribution in [0.1, 0.15) is 44.8 Å². The van der Waals surface area contributed by atoms with Crippen molar-refractivity contribution in [3.63, 3.8) is 0 Å². The van der Waals surface area contributed by atoms with Gasteiger partial charge in [-0.2, -0.15) is 4.98 Å². The molecule has 1 unspecified atom stereocenters. The first-order chi connectivity index (χ1) is 7.83. The third kappa shape index (κ3) is 3.04. The van der Waals surface area contributed by atoms with Gasteiger partial charge in [0.25, 0.3) is 0 Å². The Bertz CT molecular complexity index is 320. The van der Waals surface area contributed by atoms with Gasteiger partial charge in [0.1, 0.15) is 0 Å². The number of nitrogens with zero attached hydrogens (tertiary/aromatic N) is 2. The van der Waals surface area contributed by atoms with Gasteiger partial charge in [0.05, 0.1) is 0 Å². The van der Waals surface area contributed by atoms with E-state index in [1.54, 1.807) is 0 Å². The number of aryl methyl sites for hydroxylation is 1. The van der Waals surface area contributed by atoms with Crippen LogP contribution >= 0.6 is 0 Å². The Kier molecular flexibility index (Phi) is 3.93. The van der Waals surface area contributed by atoms with Gasteiger partial charge in [0.2, 0.25) is 5.89 Å². The molecule has 2 rings (SSSR count). The maximum atomic E-state index is 5.24. The van der Waals surface area contributed by atoms with Crippen molar-refractivity contribution in [1.82, 2.24) is 15.5 Å². The summed E-state index contributed by atoms with van der Waals surface area (Å²) in [6.45, 7) is 5.32. The maximum Gasteiger partial charge on any atom is 0.228 e. The van der Waals surface area contributed by atoms with Crippen molar-refractivity contribution in [2.75, 3.05) is 6.54 Å². The van der Waals surface area contributed by atoms with Crippen LogP contribution in [0.4, 0.5) is 0 Å². The van der Waals surface area contributed by atoms with Gasteiger partial charge in [0, 0.05) is 18.9 Å². The third-order valence-electron chi connectivity index (χ3n) is 3.07. The van der Waals surface area contributed by atoms with E-state index in [1.807, 2.05) is 6.92 Å². The zero-order valence-electron chi connectivity index (χ0n) is 10.2. The van der Waals surface area contributed by atoms with Crippen molar-refractivity contribution in [1.29, 1.82) is 0 Å². The molecule has 1 heterocycles. The number of rotatable bonds is 7. The van der Waals surface area contributed by atoms with Crippen LogP contribution in [-0.4, -0.2) is 22.7 Å². The van der Waals surface area contributed by atoms with E-state index in [4.69, 9.17) is 4.52 Å². The summed E-state index contributed by atoms with van der Waals surface area (Å²) in [6.07, 6.45) is 5.59. The first kappa shape index (κ1) is 11.6. The molecule has 1 aliphatic carbocycles. The second kappa shape index (κ2) is 5.43. The van der Waals surface area contributed by atoms with E-state index >= 15 is 0 Å².